The number of non-ortho nitro benzene ring substituents is 1. The molecular formula is C11H11F2N3O2. The SMILES string of the molecule is O=[N+]([O-])c1cc(F)c(N2CC3CC(C2)N3)c(F)c1. The fourth-order valence-corrected chi connectivity index (χ4v) is 2.66. The Morgan fingerprint density at radius 1 is 1.28 bits per heavy atom. The maximum atomic E-state index is 13.8. The van der Waals surface area contributed by atoms with Gasteiger partial charge < -0.3 is 10.2 Å². The van der Waals surface area contributed by atoms with E-state index in [9.17, 15) is 18.9 Å². The maximum Gasteiger partial charge on any atom is 0.275 e. The van der Waals surface area contributed by atoms with Crippen molar-refractivity contribution in [3.8, 4) is 0 Å². The second-order valence-electron chi connectivity index (χ2n) is 4.72. The van der Waals surface area contributed by atoms with Gasteiger partial charge in [-0.15, -0.1) is 0 Å². The van der Waals surface area contributed by atoms with Crippen molar-refractivity contribution in [3.63, 3.8) is 0 Å². The van der Waals surface area contributed by atoms with Gasteiger partial charge in [0.2, 0.25) is 0 Å². The van der Waals surface area contributed by atoms with Crippen molar-refractivity contribution in [2.24, 2.45) is 0 Å². The lowest BCUT2D eigenvalue weighted by Gasteiger charge is -2.49. The van der Waals surface area contributed by atoms with Crippen LogP contribution in [0.2, 0.25) is 0 Å². The molecule has 2 atom stereocenters. The van der Waals surface area contributed by atoms with Crippen molar-refractivity contribution in [1.82, 2.24) is 5.32 Å². The van der Waals surface area contributed by atoms with E-state index in [1.165, 1.54) is 0 Å². The highest BCUT2D eigenvalue weighted by Gasteiger charge is 2.38. The van der Waals surface area contributed by atoms with E-state index in [4.69, 9.17) is 0 Å². The van der Waals surface area contributed by atoms with Gasteiger partial charge in [-0.25, -0.2) is 8.78 Å². The topological polar surface area (TPSA) is 58.4 Å². The van der Waals surface area contributed by atoms with Gasteiger partial charge in [-0.05, 0) is 6.42 Å². The van der Waals surface area contributed by atoms with Gasteiger partial charge in [0, 0.05) is 25.2 Å². The first kappa shape index (κ1) is 11.3. The number of rotatable bonds is 2. The van der Waals surface area contributed by atoms with E-state index < -0.39 is 22.2 Å². The molecule has 0 spiro atoms. The standard InChI is InChI=1S/C11H11F2N3O2/c12-9-2-8(16(17)18)3-10(13)11(9)15-4-6-1-7(5-15)14-6/h2-3,6-7,14H,1,4-5H2. The molecule has 2 bridgehead atoms. The Bertz CT molecular complexity index is 484. The number of fused-ring (bicyclic) bond motifs is 2. The Balaban J connectivity index is 1.94. The van der Waals surface area contributed by atoms with E-state index >= 15 is 0 Å². The van der Waals surface area contributed by atoms with Crippen molar-refractivity contribution in [1.29, 1.82) is 0 Å². The number of piperidine rings is 1. The molecule has 0 aliphatic carbocycles. The minimum atomic E-state index is -0.872. The van der Waals surface area contributed by atoms with E-state index in [2.05, 4.69) is 5.32 Å². The van der Waals surface area contributed by atoms with Crippen LogP contribution in [0.5, 0.6) is 0 Å². The highest BCUT2D eigenvalue weighted by atomic mass is 19.1. The quantitative estimate of drug-likeness (QED) is 0.641. The molecule has 3 heterocycles. The summed E-state index contributed by atoms with van der Waals surface area (Å²) in [6.45, 7) is 1.06. The van der Waals surface area contributed by atoms with Crippen LogP contribution in [0.4, 0.5) is 20.2 Å². The Labute approximate surface area is 102 Å². The fourth-order valence-electron chi connectivity index (χ4n) is 2.66. The minimum absolute atomic E-state index is 0.156. The summed E-state index contributed by atoms with van der Waals surface area (Å²) in [4.78, 5) is 11.3. The Hall–Kier alpha value is -1.76. The molecule has 3 fully saturated rings. The van der Waals surface area contributed by atoms with Crippen molar-refractivity contribution >= 4 is 11.4 Å². The molecule has 96 valence electrons. The van der Waals surface area contributed by atoms with Gasteiger partial charge in [0.1, 0.15) is 5.69 Å². The molecule has 7 heteroatoms. The molecule has 0 saturated carbocycles. The van der Waals surface area contributed by atoms with Crippen LogP contribution in [0.3, 0.4) is 0 Å². The first-order valence-corrected chi connectivity index (χ1v) is 5.69. The average Bonchev–Trinajstić information content (AvgIpc) is 2.27. The van der Waals surface area contributed by atoms with Crippen LogP contribution < -0.4 is 10.2 Å². The third kappa shape index (κ3) is 1.71. The van der Waals surface area contributed by atoms with Crippen molar-refractivity contribution in [2.75, 3.05) is 18.0 Å². The summed E-state index contributed by atoms with van der Waals surface area (Å²) >= 11 is 0. The van der Waals surface area contributed by atoms with E-state index in [1.807, 2.05) is 0 Å². The number of nitro benzene ring substituents is 1. The Morgan fingerprint density at radius 2 is 1.78 bits per heavy atom. The molecule has 0 amide bonds. The lowest BCUT2D eigenvalue weighted by Crippen LogP contribution is -2.67. The number of benzene rings is 1. The molecule has 3 aliphatic heterocycles. The monoisotopic (exact) mass is 255 g/mol. The van der Waals surface area contributed by atoms with Gasteiger partial charge in [-0.1, -0.05) is 0 Å². The summed E-state index contributed by atoms with van der Waals surface area (Å²) in [6.07, 6.45) is 1.02. The third-order valence-corrected chi connectivity index (χ3v) is 3.45. The summed E-state index contributed by atoms with van der Waals surface area (Å²) in [7, 11) is 0. The summed E-state index contributed by atoms with van der Waals surface area (Å²) < 4.78 is 27.6. The molecular weight excluding hydrogens is 244 g/mol. The number of hydrogen-bond acceptors (Lipinski definition) is 4. The first-order chi connectivity index (χ1) is 8.54. The van der Waals surface area contributed by atoms with E-state index in [0.29, 0.717) is 13.1 Å². The molecule has 1 N–H and O–H groups in total. The van der Waals surface area contributed by atoms with Crippen molar-refractivity contribution in [3.05, 3.63) is 33.9 Å². The second-order valence-corrected chi connectivity index (χ2v) is 4.72. The highest BCUT2D eigenvalue weighted by molar-refractivity contribution is 5.55. The fraction of sp³-hybridized carbons (Fsp3) is 0.455. The molecule has 1 aromatic rings. The van der Waals surface area contributed by atoms with Gasteiger partial charge >= 0.3 is 0 Å². The zero-order valence-electron chi connectivity index (χ0n) is 9.40. The first-order valence-electron chi connectivity index (χ1n) is 5.69. The number of hydrogen-bond donors (Lipinski definition) is 1. The second kappa shape index (κ2) is 3.88. The van der Waals surface area contributed by atoms with Gasteiger partial charge in [0.05, 0.1) is 17.1 Å². The van der Waals surface area contributed by atoms with Gasteiger partial charge in [-0.3, -0.25) is 10.1 Å². The molecule has 4 rings (SSSR count). The zero-order chi connectivity index (χ0) is 12.9. The van der Waals surface area contributed by atoms with Crippen LogP contribution in [0.15, 0.2) is 12.1 Å². The predicted molar refractivity (Wildman–Crippen MR) is 60.6 cm³/mol. The van der Waals surface area contributed by atoms with Crippen molar-refractivity contribution < 1.29 is 13.7 Å². The van der Waals surface area contributed by atoms with Crippen molar-refractivity contribution in [2.45, 2.75) is 18.5 Å². The molecule has 2 unspecified atom stereocenters. The number of nitro groups is 1. The summed E-state index contributed by atoms with van der Waals surface area (Å²) in [6, 6.07) is 2.06. The van der Waals surface area contributed by atoms with Crippen LogP contribution in [0.25, 0.3) is 0 Å². The van der Waals surface area contributed by atoms with Crippen LogP contribution in [-0.2, 0) is 0 Å². The van der Waals surface area contributed by atoms with Crippen LogP contribution >= 0.6 is 0 Å². The normalized spacial score (nSPS) is 25.8. The largest absolute Gasteiger partial charge is 0.364 e. The predicted octanol–water partition coefficient (Wildman–Crippen LogP) is 1.42. The molecule has 0 aromatic heterocycles. The molecule has 3 aliphatic rings. The number of nitrogens with zero attached hydrogens (tertiary/aromatic N) is 2. The summed E-state index contributed by atoms with van der Waals surface area (Å²) in [5.74, 6) is -1.74. The zero-order valence-corrected chi connectivity index (χ0v) is 9.40. The van der Waals surface area contributed by atoms with Crippen LogP contribution in [0, 0.1) is 21.7 Å². The lowest BCUT2D eigenvalue weighted by atomic mass is 9.91. The highest BCUT2D eigenvalue weighted by Crippen LogP contribution is 2.32. The third-order valence-electron chi connectivity index (χ3n) is 3.45. The van der Waals surface area contributed by atoms with Gasteiger partial charge in [0.25, 0.3) is 5.69 Å². The van der Waals surface area contributed by atoms with Gasteiger partial charge in [0.15, 0.2) is 11.6 Å². The number of halogens is 2. The summed E-state index contributed by atoms with van der Waals surface area (Å²) in [5.41, 5.74) is -0.717. The Morgan fingerprint density at radius 3 is 2.22 bits per heavy atom. The maximum absolute atomic E-state index is 13.8. The molecule has 3 saturated heterocycles. The lowest BCUT2D eigenvalue weighted by molar-refractivity contribution is -0.385. The molecule has 0 radical (unpaired) electrons. The summed E-state index contributed by atoms with van der Waals surface area (Å²) in [5, 5.41) is 13.8. The van der Waals surface area contributed by atoms with E-state index in [0.717, 1.165) is 18.6 Å². The van der Waals surface area contributed by atoms with Gasteiger partial charge in [-0.2, -0.15) is 0 Å². The number of anilines is 1. The van der Waals surface area contributed by atoms with E-state index in [1.54, 1.807) is 4.90 Å². The van der Waals surface area contributed by atoms with E-state index in [-0.39, 0.29) is 17.8 Å². The number of piperazine rings is 1. The minimum Gasteiger partial charge on any atom is -0.364 e. The molecule has 5 nitrogen and oxygen atoms in total. The van der Waals surface area contributed by atoms with Crippen LogP contribution in [0.1, 0.15) is 6.42 Å². The Kier molecular flexibility index (Phi) is 2.44. The number of nitrogens with one attached hydrogen (secondary N) is 1. The van der Waals surface area contributed by atoms with Crippen LogP contribution in [-0.4, -0.2) is 30.1 Å². The molecule has 18 heavy (non-hydrogen) atoms. The molecule has 1 aromatic carbocycles. The average molecular weight is 255 g/mol. The smallest absolute Gasteiger partial charge is 0.275 e.